The Labute approximate surface area is 71.3 Å². The number of hydrogen-bond acceptors (Lipinski definition) is 2. The molecule has 3 unspecified atom stereocenters. The molecule has 5 atom stereocenters. The molecule has 0 aliphatic carbocycles. The molecule has 1 heterocycles. The molecule has 4 heteroatoms. The van der Waals surface area contributed by atoms with Crippen LogP contribution in [0.15, 0.2) is 0 Å². The zero-order chi connectivity index (χ0) is 8.43. The Morgan fingerprint density at radius 3 is 2.45 bits per heavy atom. The zero-order valence-corrected chi connectivity index (χ0v) is 8.20. The standard InChI is InChI=1S/C7H14BO2P/c1-4-6(10-11-3)5(2)9-7(4)8/h4-7,11H,1-3H3/t4?,5-,6?,7-/m1/s1. The van der Waals surface area contributed by atoms with E-state index in [4.69, 9.17) is 17.1 Å². The van der Waals surface area contributed by atoms with E-state index >= 15 is 0 Å². The van der Waals surface area contributed by atoms with Crippen LogP contribution in [-0.2, 0) is 9.26 Å². The Bertz CT molecular complexity index is 134. The predicted molar refractivity (Wildman–Crippen MR) is 48.4 cm³/mol. The highest BCUT2D eigenvalue weighted by atomic mass is 31.1. The predicted octanol–water partition coefficient (Wildman–Crippen LogP) is 1.14. The van der Waals surface area contributed by atoms with E-state index in [0.717, 1.165) is 0 Å². The van der Waals surface area contributed by atoms with Crippen molar-refractivity contribution in [2.75, 3.05) is 6.66 Å². The van der Waals surface area contributed by atoms with Gasteiger partial charge in [-0.3, -0.25) is 0 Å². The lowest BCUT2D eigenvalue weighted by Gasteiger charge is -2.17. The molecule has 1 saturated heterocycles. The Kier molecular flexibility index (Phi) is 3.36. The van der Waals surface area contributed by atoms with Gasteiger partial charge in [-0.2, -0.15) is 0 Å². The maximum atomic E-state index is 5.69. The van der Waals surface area contributed by atoms with E-state index in [1.807, 2.05) is 13.6 Å². The normalized spacial score (nSPS) is 45.7. The Balaban J connectivity index is 2.49. The second kappa shape index (κ2) is 3.89. The summed E-state index contributed by atoms with van der Waals surface area (Å²) in [5.41, 5.74) is 0. The highest BCUT2D eigenvalue weighted by Crippen LogP contribution is 2.30. The van der Waals surface area contributed by atoms with Crippen LogP contribution in [0.2, 0.25) is 0 Å². The second-order valence-corrected chi connectivity index (χ2v) is 3.60. The van der Waals surface area contributed by atoms with Crippen LogP contribution in [0.1, 0.15) is 13.8 Å². The molecule has 0 saturated carbocycles. The van der Waals surface area contributed by atoms with E-state index in [1.54, 1.807) is 0 Å². The van der Waals surface area contributed by atoms with Gasteiger partial charge in [-0.25, -0.2) is 0 Å². The third-order valence-corrected chi connectivity index (χ3v) is 2.63. The minimum Gasteiger partial charge on any atom is -0.382 e. The van der Waals surface area contributed by atoms with Crippen LogP contribution in [-0.4, -0.2) is 32.7 Å². The largest absolute Gasteiger partial charge is 0.382 e. The minimum atomic E-state index is -0.147. The maximum Gasteiger partial charge on any atom is 0.109 e. The van der Waals surface area contributed by atoms with Crippen LogP contribution >= 0.6 is 8.81 Å². The molecule has 0 amide bonds. The van der Waals surface area contributed by atoms with Crippen LogP contribution in [0, 0.1) is 5.92 Å². The van der Waals surface area contributed by atoms with Crippen LogP contribution < -0.4 is 0 Å². The summed E-state index contributed by atoms with van der Waals surface area (Å²) in [7, 11) is 6.21. The van der Waals surface area contributed by atoms with Crippen molar-refractivity contribution in [2.45, 2.75) is 32.1 Å². The summed E-state index contributed by atoms with van der Waals surface area (Å²) >= 11 is 0. The van der Waals surface area contributed by atoms with E-state index in [2.05, 4.69) is 6.92 Å². The third kappa shape index (κ3) is 1.96. The van der Waals surface area contributed by atoms with Crippen molar-refractivity contribution in [2.24, 2.45) is 5.92 Å². The molecule has 2 nitrogen and oxygen atoms in total. The van der Waals surface area contributed by atoms with Crippen LogP contribution in [0.4, 0.5) is 0 Å². The van der Waals surface area contributed by atoms with E-state index in [-0.39, 0.29) is 18.2 Å². The van der Waals surface area contributed by atoms with Crippen molar-refractivity contribution in [3.05, 3.63) is 0 Å². The van der Waals surface area contributed by atoms with Gasteiger partial charge >= 0.3 is 0 Å². The Morgan fingerprint density at radius 1 is 1.45 bits per heavy atom. The average Bonchev–Trinajstić information content (AvgIpc) is 2.17. The summed E-state index contributed by atoms with van der Waals surface area (Å²) in [6.45, 7) is 6.09. The molecule has 0 bridgehead atoms. The first-order chi connectivity index (χ1) is 5.16. The van der Waals surface area contributed by atoms with Gasteiger partial charge in [0, 0.05) is 20.7 Å². The summed E-state index contributed by atoms with van der Waals surface area (Å²) in [4.78, 5) is 0. The van der Waals surface area contributed by atoms with Gasteiger partial charge in [0.15, 0.2) is 0 Å². The van der Waals surface area contributed by atoms with Gasteiger partial charge in [-0.15, -0.1) is 0 Å². The zero-order valence-electron chi connectivity index (χ0n) is 7.20. The van der Waals surface area contributed by atoms with Crippen molar-refractivity contribution in [3.63, 3.8) is 0 Å². The molecule has 1 fully saturated rings. The average molecular weight is 172 g/mol. The lowest BCUT2D eigenvalue weighted by molar-refractivity contribution is 0.0613. The van der Waals surface area contributed by atoms with Crippen molar-refractivity contribution >= 4 is 16.7 Å². The number of ether oxygens (including phenoxy) is 1. The molecule has 0 aromatic heterocycles. The number of rotatable bonds is 2. The highest BCUT2D eigenvalue weighted by Gasteiger charge is 2.36. The first-order valence-electron chi connectivity index (χ1n) is 3.90. The van der Waals surface area contributed by atoms with Gasteiger partial charge < -0.3 is 9.26 Å². The maximum absolute atomic E-state index is 5.69. The fourth-order valence-corrected chi connectivity index (χ4v) is 2.08. The number of hydrogen-bond donors (Lipinski definition) is 0. The molecule has 0 N–H and O–H groups in total. The van der Waals surface area contributed by atoms with E-state index in [1.165, 1.54) is 0 Å². The first kappa shape index (κ1) is 9.50. The molecule has 62 valence electrons. The fourth-order valence-electron chi connectivity index (χ4n) is 1.40. The summed E-state index contributed by atoms with van der Waals surface area (Å²) in [5.74, 6) is 0.317. The van der Waals surface area contributed by atoms with E-state index in [9.17, 15) is 0 Å². The van der Waals surface area contributed by atoms with Crippen LogP contribution in [0.5, 0.6) is 0 Å². The molecular formula is C7H14BO2P. The Hall–Kier alpha value is 0.415. The molecule has 1 rings (SSSR count). The molecule has 0 aromatic carbocycles. The van der Waals surface area contributed by atoms with Crippen molar-refractivity contribution in [1.82, 2.24) is 0 Å². The molecule has 1 aliphatic rings. The van der Waals surface area contributed by atoms with Gasteiger partial charge in [-0.1, -0.05) is 6.92 Å². The molecule has 2 radical (unpaired) electrons. The van der Waals surface area contributed by atoms with E-state index in [0.29, 0.717) is 14.7 Å². The first-order valence-corrected chi connectivity index (χ1v) is 5.31. The summed E-state index contributed by atoms with van der Waals surface area (Å²) in [5, 5.41) is 0. The molecular weight excluding hydrogens is 158 g/mol. The lowest BCUT2D eigenvalue weighted by Crippen LogP contribution is -2.24. The molecule has 1 aliphatic heterocycles. The SMILES string of the molecule is [B][C@@H]1O[C@H](C)C(OPC)C1C. The van der Waals surface area contributed by atoms with Crippen LogP contribution in [0.3, 0.4) is 0 Å². The third-order valence-electron chi connectivity index (χ3n) is 2.12. The van der Waals surface area contributed by atoms with Crippen molar-refractivity contribution < 1.29 is 9.26 Å². The van der Waals surface area contributed by atoms with Gasteiger partial charge in [0.25, 0.3) is 0 Å². The molecule has 0 aromatic rings. The summed E-state index contributed by atoms with van der Waals surface area (Å²) < 4.78 is 10.9. The van der Waals surface area contributed by atoms with Gasteiger partial charge in [-0.05, 0) is 13.6 Å². The summed E-state index contributed by atoms with van der Waals surface area (Å²) in [6.07, 6.45) is 0.334. The van der Waals surface area contributed by atoms with Gasteiger partial charge in [0.2, 0.25) is 0 Å². The van der Waals surface area contributed by atoms with Gasteiger partial charge in [0.1, 0.15) is 7.85 Å². The minimum absolute atomic E-state index is 0.146. The van der Waals surface area contributed by atoms with E-state index < -0.39 is 0 Å². The summed E-state index contributed by atoms with van der Waals surface area (Å²) in [6, 6.07) is -0.147. The highest BCUT2D eigenvalue weighted by molar-refractivity contribution is 7.31. The monoisotopic (exact) mass is 172 g/mol. The molecule has 11 heavy (non-hydrogen) atoms. The lowest BCUT2D eigenvalue weighted by atomic mass is 9.86. The molecule has 0 spiro atoms. The van der Waals surface area contributed by atoms with Crippen molar-refractivity contribution in [1.29, 1.82) is 0 Å². The quantitative estimate of drug-likeness (QED) is 0.459. The second-order valence-electron chi connectivity index (χ2n) is 2.95. The topological polar surface area (TPSA) is 18.5 Å². The smallest absolute Gasteiger partial charge is 0.109 e. The fraction of sp³-hybridized carbons (Fsp3) is 1.00. The van der Waals surface area contributed by atoms with Crippen molar-refractivity contribution in [3.8, 4) is 0 Å². The van der Waals surface area contributed by atoms with Gasteiger partial charge in [0.05, 0.1) is 12.2 Å². The Morgan fingerprint density at radius 2 is 2.09 bits per heavy atom. The van der Waals surface area contributed by atoms with Crippen LogP contribution in [0.25, 0.3) is 0 Å².